The summed E-state index contributed by atoms with van der Waals surface area (Å²) in [6, 6.07) is 0. The van der Waals surface area contributed by atoms with Gasteiger partial charge in [0.15, 0.2) is 0 Å². The first-order valence-electron chi connectivity index (χ1n) is 8.82. The molecule has 0 spiro atoms. The van der Waals surface area contributed by atoms with Gasteiger partial charge in [0, 0.05) is 2.74 Å². The lowest BCUT2D eigenvalue weighted by Gasteiger charge is -2.42. The number of rotatable bonds is 1. The van der Waals surface area contributed by atoms with Gasteiger partial charge >= 0.3 is 0 Å². The Hall–Kier alpha value is 0. The van der Waals surface area contributed by atoms with Crippen molar-refractivity contribution < 1.29 is 2.74 Å². The molecule has 0 N–H and O–H groups in total. The van der Waals surface area contributed by atoms with Crippen LogP contribution in [0.25, 0.3) is 0 Å². The highest BCUT2D eigenvalue weighted by Crippen LogP contribution is 2.58. The average Bonchev–Trinajstić information content (AvgIpc) is 2.70. The molecule has 17 heavy (non-hydrogen) atoms. The van der Waals surface area contributed by atoms with Gasteiger partial charge in [-0.3, -0.25) is 0 Å². The zero-order valence-electron chi connectivity index (χ0n) is 13.8. The van der Waals surface area contributed by atoms with Gasteiger partial charge in [-0.1, -0.05) is 52.9 Å². The van der Waals surface area contributed by atoms with Crippen LogP contribution in [-0.2, 0) is 0 Å². The van der Waals surface area contributed by atoms with E-state index in [-0.39, 0.29) is 5.41 Å². The summed E-state index contributed by atoms with van der Waals surface area (Å²) in [6.45, 7) is 6.28. The lowest BCUT2D eigenvalue weighted by molar-refractivity contribution is 0.0794. The zero-order valence-corrected chi connectivity index (χ0v) is 11.8. The van der Waals surface area contributed by atoms with Gasteiger partial charge in [0.25, 0.3) is 0 Å². The third kappa shape index (κ3) is 2.29. The summed E-state index contributed by atoms with van der Waals surface area (Å²) in [7, 11) is 0. The molecule has 0 saturated heterocycles. The van der Waals surface area contributed by atoms with Gasteiger partial charge in [-0.15, -0.1) is 0 Å². The number of hydrogen-bond acceptors (Lipinski definition) is 0. The van der Waals surface area contributed by atoms with Crippen molar-refractivity contribution in [2.24, 2.45) is 35.0 Å². The molecule has 0 aromatic heterocycles. The molecule has 3 aliphatic rings. The van der Waals surface area contributed by atoms with Crippen molar-refractivity contribution in [1.82, 2.24) is 0 Å². The molecule has 0 aromatic rings. The Bertz CT molecular complexity index is 340. The summed E-state index contributed by atoms with van der Waals surface area (Å²) < 4.78 is 17.4. The molecule has 0 amide bonds. The Labute approximate surface area is 110 Å². The maximum atomic E-state index is 8.72. The second-order valence-corrected chi connectivity index (χ2v) is 7.86. The van der Waals surface area contributed by atoms with Crippen molar-refractivity contribution >= 4 is 0 Å². The lowest BCUT2D eigenvalue weighted by atomic mass is 9.63. The summed E-state index contributed by atoms with van der Waals surface area (Å²) in [5.74, 6) is 3.69. The number of hydrogen-bond donors (Lipinski definition) is 0. The first-order chi connectivity index (χ1) is 8.82. The summed E-state index contributed by atoms with van der Waals surface area (Å²) in [5, 5.41) is 0. The van der Waals surface area contributed by atoms with Gasteiger partial charge in [0.2, 0.25) is 0 Å². The average molecular weight is 236 g/mol. The van der Waals surface area contributed by atoms with E-state index in [0.29, 0.717) is 11.8 Å². The molecule has 0 aliphatic heterocycles. The Morgan fingerprint density at radius 1 is 1.00 bits per heavy atom. The van der Waals surface area contributed by atoms with Gasteiger partial charge in [-0.2, -0.15) is 0 Å². The Balaban J connectivity index is 1.88. The van der Waals surface area contributed by atoms with Crippen LogP contribution in [0.1, 0.15) is 74.8 Å². The van der Waals surface area contributed by atoms with Crippen LogP contribution in [0, 0.1) is 35.0 Å². The van der Waals surface area contributed by atoms with Gasteiger partial charge in [0.05, 0.1) is 0 Å². The SMILES string of the molecule is [2H]C([2H])(C1CC2CCCC3CCCC1C32)C(C)(C)C. The Morgan fingerprint density at radius 2 is 1.65 bits per heavy atom. The quantitative estimate of drug-likeness (QED) is 0.581. The van der Waals surface area contributed by atoms with Crippen molar-refractivity contribution in [3.8, 4) is 0 Å². The van der Waals surface area contributed by atoms with E-state index >= 15 is 0 Å². The minimum atomic E-state index is -1.00. The van der Waals surface area contributed by atoms with E-state index in [2.05, 4.69) is 20.8 Å². The van der Waals surface area contributed by atoms with Crippen LogP contribution < -0.4 is 0 Å². The Kier molecular flexibility index (Phi) is 2.48. The van der Waals surface area contributed by atoms with Crippen LogP contribution in [0.5, 0.6) is 0 Å². The van der Waals surface area contributed by atoms with Crippen molar-refractivity contribution in [3.05, 3.63) is 0 Å². The normalized spacial score (nSPS) is 48.3. The third-order valence-corrected chi connectivity index (χ3v) is 5.54. The van der Waals surface area contributed by atoms with Crippen LogP contribution in [0.15, 0.2) is 0 Å². The topological polar surface area (TPSA) is 0 Å². The molecule has 0 heteroatoms. The Morgan fingerprint density at radius 3 is 2.35 bits per heavy atom. The highest BCUT2D eigenvalue weighted by atomic mass is 14.5. The molecular formula is C17H30. The van der Waals surface area contributed by atoms with Crippen molar-refractivity contribution in [3.63, 3.8) is 0 Å². The molecule has 3 saturated carbocycles. The monoisotopic (exact) mass is 236 g/mol. The van der Waals surface area contributed by atoms with Crippen LogP contribution in [0.2, 0.25) is 0 Å². The third-order valence-electron chi connectivity index (χ3n) is 5.54. The standard InChI is InChI=1S/C17H30/c1-17(2,3)11-14-10-13-8-4-6-12-7-5-9-15(14)16(12)13/h12-16H,4-11H2,1-3H3/i11D2. The predicted octanol–water partition coefficient (Wildman–Crippen LogP) is 5.28. The zero-order chi connectivity index (χ0) is 13.8. The van der Waals surface area contributed by atoms with E-state index in [9.17, 15) is 0 Å². The summed E-state index contributed by atoms with van der Waals surface area (Å²) in [4.78, 5) is 0. The molecule has 5 atom stereocenters. The molecular weight excluding hydrogens is 204 g/mol. The van der Waals surface area contributed by atoms with Gasteiger partial charge in [-0.05, 0) is 54.2 Å². The maximum absolute atomic E-state index is 8.72. The van der Waals surface area contributed by atoms with E-state index in [4.69, 9.17) is 2.74 Å². The van der Waals surface area contributed by atoms with Crippen LogP contribution >= 0.6 is 0 Å². The molecule has 0 aromatic carbocycles. The first-order valence-corrected chi connectivity index (χ1v) is 7.82. The second kappa shape index (κ2) is 4.28. The fourth-order valence-corrected chi connectivity index (χ4v) is 5.22. The van der Waals surface area contributed by atoms with Crippen molar-refractivity contribution in [2.45, 2.75) is 72.1 Å². The smallest absolute Gasteiger partial charge is 0.0275 e. The van der Waals surface area contributed by atoms with Gasteiger partial charge < -0.3 is 0 Å². The fraction of sp³-hybridized carbons (Fsp3) is 1.00. The van der Waals surface area contributed by atoms with Crippen molar-refractivity contribution in [2.75, 3.05) is 0 Å². The molecule has 3 fully saturated rings. The molecule has 3 aliphatic carbocycles. The van der Waals surface area contributed by atoms with E-state index < -0.39 is 6.37 Å². The van der Waals surface area contributed by atoms with Crippen molar-refractivity contribution in [1.29, 1.82) is 0 Å². The molecule has 98 valence electrons. The molecule has 5 unspecified atom stereocenters. The molecule has 0 heterocycles. The van der Waals surface area contributed by atoms with Crippen LogP contribution in [0.3, 0.4) is 0 Å². The van der Waals surface area contributed by atoms with E-state index in [0.717, 1.165) is 17.8 Å². The van der Waals surface area contributed by atoms with E-state index in [1.807, 2.05) is 0 Å². The molecule has 3 rings (SSSR count). The minimum absolute atomic E-state index is 0.224. The fourth-order valence-electron chi connectivity index (χ4n) is 5.22. The van der Waals surface area contributed by atoms with E-state index in [1.165, 1.54) is 44.9 Å². The summed E-state index contributed by atoms with van der Waals surface area (Å²) in [5.41, 5.74) is -0.224. The van der Waals surface area contributed by atoms with Gasteiger partial charge in [0.1, 0.15) is 0 Å². The van der Waals surface area contributed by atoms with Crippen LogP contribution in [0.4, 0.5) is 0 Å². The predicted molar refractivity (Wildman–Crippen MR) is 73.8 cm³/mol. The van der Waals surface area contributed by atoms with E-state index in [1.54, 1.807) is 0 Å². The molecule has 0 radical (unpaired) electrons. The van der Waals surface area contributed by atoms with Crippen LogP contribution in [-0.4, -0.2) is 0 Å². The minimum Gasteiger partial charge on any atom is -0.0602 e. The molecule has 0 bridgehead atoms. The highest BCUT2D eigenvalue weighted by Gasteiger charge is 2.49. The first kappa shape index (κ1) is 9.87. The molecule has 0 nitrogen and oxygen atoms in total. The second-order valence-electron chi connectivity index (χ2n) is 7.86. The summed E-state index contributed by atoms with van der Waals surface area (Å²) >= 11 is 0. The summed E-state index contributed by atoms with van der Waals surface area (Å²) in [6.07, 6.45) is 8.49. The highest BCUT2D eigenvalue weighted by molar-refractivity contribution is 4.99. The van der Waals surface area contributed by atoms with Gasteiger partial charge in [-0.25, -0.2) is 0 Å². The largest absolute Gasteiger partial charge is 0.0602 e. The lowest BCUT2D eigenvalue weighted by Crippen LogP contribution is -2.33. The maximum Gasteiger partial charge on any atom is 0.0275 e.